The molecule has 0 spiro atoms. The van der Waals surface area contributed by atoms with Crippen molar-refractivity contribution < 1.29 is 14.7 Å². The molecule has 7 heteroatoms. The number of urea groups is 1. The van der Waals surface area contributed by atoms with E-state index < -0.39 is 5.97 Å². The first-order chi connectivity index (χ1) is 9.65. The maximum absolute atomic E-state index is 11.6. The molecule has 2 amide bonds. The molecule has 0 radical (unpaired) electrons. The molecule has 0 saturated heterocycles. The van der Waals surface area contributed by atoms with Gasteiger partial charge in [-0.05, 0) is 23.1 Å². The molecule has 20 heavy (non-hydrogen) atoms. The van der Waals surface area contributed by atoms with Crippen molar-refractivity contribution in [2.75, 3.05) is 0 Å². The largest absolute Gasteiger partial charge is 0.477 e. The maximum atomic E-state index is 11.6. The molecule has 2 aromatic heterocycles. The monoisotopic (exact) mass is 291 g/mol. The molecular weight excluding hydrogens is 278 g/mol. The summed E-state index contributed by atoms with van der Waals surface area (Å²) in [5, 5.41) is 16.1. The molecule has 0 bridgehead atoms. The highest BCUT2D eigenvalue weighted by Gasteiger charge is 2.05. The van der Waals surface area contributed by atoms with E-state index in [1.165, 1.54) is 12.3 Å². The van der Waals surface area contributed by atoms with Crippen LogP contribution < -0.4 is 10.6 Å². The van der Waals surface area contributed by atoms with E-state index in [-0.39, 0.29) is 11.7 Å². The molecule has 3 N–H and O–H groups in total. The molecule has 0 fully saturated rings. The van der Waals surface area contributed by atoms with E-state index in [0.717, 1.165) is 10.4 Å². The van der Waals surface area contributed by atoms with Gasteiger partial charge in [-0.15, -0.1) is 11.3 Å². The van der Waals surface area contributed by atoms with E-state index in [9.17, 15) is 9.59 Å². The van der Waals surface area contributed by atoms with E-state index in [4.69, 9.17) is 5.11 Å². The fourth-order valence-corrected chi connectivity index (χ4v) is 2.13. The first kappa shape index (κ1) is 14.0. The molecule has 0 aliphatic rings. The predicted octanol–water partition coefficient (Wildman–Crippen LogP) is 1.84. The zero-order valence-electron chi connectivity index (χ0n) is 10.5. The highest BCUT2D eigenvalue weighted by molar-refractivity contribution is 7.09. The van der Waals surface area contributed by atoms with E-state index in [1.54, 1.807) is 17.4 Å². The van der Waals surface area contributed by atoms with Crippen molar-refractivity contribution in [2.24, 2.45) is 0 Å². The van der Waals surface area contributed by atoms with E-state index >= 15 is 0 Å². The summed E-state index contributed by atoms with van der Waals surface area (Å²) >= 11 is 1.58. The summed E-state index contributed by atoms with van der Waals surface area (Å²) < 4.78 is 0. The summed E-state index contributed by atoms with van der Waals surface area (Å²) in [6.45, 7) is 0.781. The zero-order chi connectivity index (χ0) is 14.4. The van der Waals surface area contributed by atoms with Crippen LogP contribution in [-0.2, 0) is 13.1 Å². The van der Waals surface area contributed by atoms with Crippen LogP contribution in [0.3, 0.4) is 0 Å². The average molecular weight is 291 g/mol. The molecule has 0 aliphatic carbocycles. The molecule has 0 aliphatic heterocycles. The van der Waals surface area contributed by atoms with Crippen LogP contribution in [0.1, 0.15) is 20.9 Å². The lowest BCUT2D eigenvalue weighted by atomic mass is 10.2. The third kappa shape index (κ3) is 4.06. The minimum absolute atomic E-state index is 0.0177. The Kier molecular flexibility index (Phi) is 4.67. The van der Waals surface area contributed by atoms with Crippen LogP contribution in [0.15, 0.2) is 35.8 Å². The summed E-state index contributed by atoms with van der Waals surface area (Å²) in [5.74, 6) is -1.07. The topological polar surface area (TPSA) is 91.3 Å². The third-order valence-electron chi connectivity index (χ3n) is 2.50. The van der Waals surface area contributed by atoms with Gasteiger partial charge in [0.05, 0.1) is 6.54 Å². The first-order valence-electron chi connectivity index (χ1n) is 5.87. The highest BCUT2D eigenvalue weighted by atomic mass is 32.1. The molecule has 0 saturated carbocycles. The second kappa shape index (κ2) is 6.67. The molecule has 2 heterocycles. The predicted molar refractivity (Wildman–Crippen MR) is 74.6 cm³/mol. The summed E-state index contributed by atoms with van der Waals surface area (Å²) in [5.41, 5.74) is 0.720. The number of rotatable bonds is 5. The van der Waals surface area contributed by atoms with Crippen LogP contribution >= 0.6 is 11.3 Å². The minimum atomic E-state index is -1.07. The van der Waals surface area contributed by atoms with Crippen molar-refractivity contribution in [3.05, 3.63) is 52.0 Å². The van der Waals surface area contributed by atoms with Gasteiger partial charge < -0.3 is 15.7 Å². The molecular formula is C13H13N3O3S. The summed E-state index contributed by atoms with van der Waals surface area (Å²) in [6.07, 6.45) is 1.43. The van der Waals surface area contributed by atoms with Crippen molar-refractivity contribution in [2.45, 2.75) is 13.1 Å². The van der Waals surface area contributed by atoms with Crippen LogP contribution in [-0.4, -0.2) is 22.1 Å². The van der Waals surface area contributed by atoms with E-state index in [1.807, 2.05) is 17.5 Å². The van der Waals surface area contributed by atoms with Gasteiger partial charge >= 0.3 is 12.0 Å². The highest BCUT2D eigenvalue weighted by Crippen LogP contribution is 2.07. The van der Waals surface area contributed by atoms with Crippen LogP contribution in [0.4, 0.5) is 4.79 Å². The Morgan fingerprint density at radius 1 is 1.20 bits per heavy atom. The Balaban J connectivity index is 1.76. The Labute approximate surface area is 119 Å². The van der Waals surface area contributed by atoms with Crippen molar-refractivity contribution in [1.29, 1.82) is 0 Å². The van der Waals surface area contributed by atoms with Crippen LogP contribution in [0, 0.1) is 0 Å². The van der Waals surface area contributed by atoms with Gasteiger partial charge in [-0.1, -0.05) is 12.1 Å². The number of thiophene rings is 1. The first-order valence-corrected chi connectivity index (χ1v) is 6.75. The number of aromatic nitrogens is 1. The lowest BCUT2D eigenvalue weighted by Gasteiger charge is -2.06. The summed E-state index contributed by atoms with van der Waals surface area (Å²) in [7, 11) is 0. The fourth-order valence-electron chi connectivity index (χ4n) is 1.48. The summed E-state index contributed by atoms with van der Waals surface area (Å²) in [4.78, 5) is 27.0. The van der Waals surface area contributed by atoms with Gasteiger partial charge in [-0.3, -0.25) is 0 Å². The third-order valence-corrected chi connectivity index (χ3v) is 3.38. The number of carbonyl (C=O) groups excluding carboxylic acids is 1. The number of nitrogens with one attached hydrogen (secondary N) is 2. The lowest BCUT2D eigenvalue weighted by Crippen LogP contribution is -2.34. The second-order valence-electron chi connectivity index (χ2n) is 3.97. The van der Waals surface area contributed by atoms with Gasteiger partial charge in [0.2, 0.25) is 0 Å². The van der Waals surface area contributed by atoms with Crippen molar-refractivity contribution in [1.82, 2.24) is 15.6 Å². The standard InChI is InChI=1S/C13H13N3O3S/c17-12(18)11-4-3-9(6-14-11)7-15-13(19)16-8-10-2-1-5-20-10/h1-6H,7-8H2,(H,17,18)(H2,15,16,19). The Morgan fingerprint density at radius 2 is 2.00 bits per heavy atom. The smallest absolute Gasteiger partial charge is 0.354 e. The van der Waals surface area contributed by atoms with Crippen LogP contribution in [0.25, 0.3) is 0 Å². The van der Waals surface area contributed by atoms with Gasteiger partial charge in [-0.25, -0.2) is 14.6 Å². The second-order valence-corrected chi connectivity index (χ2v) is 5.00. The zero-order valence-corrected chi connectivity index (χ0v) is 11.3. The maximum Gasteiger partial charge on any atom is 0.354 e. The minimum Gasteiger partial charge on any atom is -0.477 e. The van der Waals surface area contributed by atoms with Crippen molar-refractivity contribution in [3.63, 3.8) is 0 Å². The van der Waals surface area contributed by atoms with Gasteiger partial charge in [0.15, 0.2) is 0 Å². The molecule has 2 rings (SSSR count). The van der Waals surface area contributed by atoms with Gasteiger partial charge in [-0.2, -0.15) is 0 Å². The average Bonchev–Trinajstić information content (AvgIpc) is 2.96. The summed E-state index contributed by atoms with van der Waals surface area (Å²) in [6, 6.07) is 6.62. The Hall–Kier alpha value is -2.41. The van der Waals surface area contributed by atoms with Gasteiger partial charge in [0.25, 0.3) is 0 Å². The molecule has 0 aromatic carbocycles. The fraction of sp³-hybridized carbons (Fsp3) is 0.154. The Morgan fingerprint density at radius 3 is 2.60 bits per heavy atom. The molecule has 104 valence electrons. The van der Waals surface area contributed by atoms with Gasteiger partial charge in [0.1, 0.15) is 5.69 Å². The molecule has 0 unspecified atom stereocenters. The number of hydrogen-bond acceptors (Lipinski definition) is 4. The normalized spacial score (nSPS) is 10.0. The number of aromatic carboxylic acids is 1. The number of carboxylic acid groups (broad SMARTS) is 1. The number of carboxylic acids is 1. The quantitative estimate of drug-likeness (QED) is 0.784. The van der Waals surface area contributed by atoms with E-state index in [0.29, 0.717) is 13.1 Å². The van der Waals surface area contributed by atoms with Crippen molar-refractivity contribution in [3.8, 4) is 0 Å². The van der Waals surface area contributed by atoms with Gasteiger partial charge in [0, 0.05) is 17.6 Å². The number of amides is 2. The Bertz CT molecular complexity index is 581. The number of nitrogens with zero attached hydrogens (tertiary/aromatic N) is 1. The SMILES string of the molecule is O=C(NCc1ccc(C(=O)O)nc1)NCc1cccs1. The molecule has 0 atom stereocenters. The molecule has 6 nitrogen and oxygen atoms in total. The van der Waals surface area contributed by atoms with Crippen LogP contribution in [0.2, 0.25) is 0 Å². The van der Waals surface area contributed by atoms with Crippen molar-refractivity contribution >= 4 is 23.3 Å². The van der Waals surface area contributed by atoms with E-state index in [2.05, 4.69) is 15.6 Å². The number of pyridine rings is 1. The number of carbonyl (C=O) groups is 2. The van der Waals surface area contributed by atoms with Crippen LogP contribution in [0.5, 0.6) is 0 Å². The number of hydrogen-bond donors (Lipinski definition) is 3. The lowest BCUT2D eigenvalue weighted by molar-refractivity contribution is 0.0690. The molecule has 2 aromatic rings.